The first-order valence-electron chi connectivity index (χ1n) is 7.47. The summed E-state index contributed by atoms with van der Waals surface area (Å²) in [6.45, 7) is 8.60. The molecule has 0 aromatic heterocycles. The highest BCUT2D eigenvalue weighted by Crippen LogP contribution is 2.40. The minimum atomic E-state index is -0.320. The molecule has 20 heavy (non-hydrogen) atoms. The maximum absolute atomic E-state index is 9.09. The van der Waals surface area contributed by atoms with Gasteiger partial charge in [-0.25, -0.2) is 0 Å². The summed E-state index contributed by atoms with van der Waals surface area (Å²) in [4.78, 5) is 0. The van der Waals surface area contributed by atoms with E-state index in [4.69, 9.17) is 14.4 Å². The van der Waals surface area contributed by atoms with Crippen molar-refractivity contribution in [2.24, 2.45) is 0 Å². The highest BCUT2D eigenvalue weighted by atomic mass is 16.7. The quantitative estimate of drug-likeness (QED) is 0.840. The second-order valence-corrected chi connectivity index (χ2v) is 6.31. The SMILES string of the molecule is CCCCC1(C)OB(c2ccc(CO)cc2)OC1(C)C. The van der Waals surface area contributed by atoms with E-state index in [1.807, 2.05) is 24.3 Å². The predicted octanol–water partition coefficient (Wildman–Crippen LogP) is 2.65. The van der Waals surface area contributed by atoms with Crippen molar-refractivity contribution in [1.29, 1.82) is 0 Å². The molecule has 1 aliphatic heterocycles. The summed E-state index contributed by atoms with van der Waals surface area (Å²) in [7, 11) is -0.320. The third kappa shape index (κ3) is 2.92. The van der Waals surface area contributed by atoms with Crippen LogP contribution < -0.4 is 5.46 Å². The van der Waals surface area contributed by atoms with E-state index in [1.54, 1.807) is 0 Å². The van der Waals surface area contributed by atoms with Gasteiger partial charge in [0.15, 0.2) is 0 Å². The Morgan fingerprint density at radius 2 is 1.75 bits per heavy atom. The second-order valence-electron chi connectivity index (χ2n) is 6.31. The minimum absolute atomic E-state index is 0.0619. The lowest BCUT2D eigenvalue weighted by molar-refractivity contribution is -0.0169. The van der Waals surface area contributed by atoms with Crippen molar-refractivity contribution in [3.8, 4) is 0 Å². The average molecular weight is 276 g/mol. The number of aliphatic hydroxyl groups is 1. The fraction of sp³-hybridized carbons (Fsp3) is 0.625. The highest BCUT2D eigenvalue weighted by molar-refractivity contribution is 6.62. The Bertz CT molecular complexity index is 444. The van der Waals surface area contributed by atoms with Crippen molar-refractivity contribution in [2.75, 3.05) is 0 Å². The Balaban J connectivity index is 2.15. The Labute approximate surface area is 122 Å². The van der Waals surface area contributed by atoms with Gasteiger partial charge in [0.05, 0.1) is 17.8 Å². The van der Waals surface area contributed by atoms with Crippen molar-refractivity contribution in [3.05, 3.63) is 29.8 Å². The molecule has 0 bridgehead atoms. The molecule has 1 N–H and O–H groups in total. The van der Waals surface area contributed by atoms with Crippen LogP contribution in [0.4, 0.5) is 0 Å². The Morgan fingerprint density at radius 1 is 1.10 bits per heavy atom. The van der Waals surface area contributed by atoms with Gasteiger partial charge in [0.2, 0.25) is 0 Å². The molecule has 1 aromatic rings. The van der Waals surface area contributed by atoms with Crippen molar-refractivity contribution < 1.29 is 14.4 Å². The summed E-state index contributed by atoms with van der Waals surface area (Å²) < 4.78 is 12.4. The molecule has 1 unspecified atom stereocenters. The van der Waals surface area contributed by atoms with Crippen LogP contribution in [0.15, 0.2) is 24.3 Å². The standard InChI is InChI=1S/C16H25BO3/c1-5-6-11-16(4)15(2,3)19-17(20-16)14-9-7-13(12-18)8-10-14/h7-10,18H,5-6,11-12H2,1-4H3. The predicted molar refractivity (Wildman–Crippen MR) is 81.9 cm³/mol. The molecule has 110 valence electrons. The fourth-order valence-electron chi connectivity index (χ4n) is 2.58. The molecule has 3 nitrogen and oxygen atoms in total. The number of hydrogen-bond donors (Lipinski definition) is 1. The molecule has 0 amide bonds. The largest absolute Gasteiger partial charge is 0.494 e. The van der Waals surface area contributed by atoms with E-state index < -0.39 is 0 Å². The minimum Gasteiger partial charge on any atom is -0.399 e. The Morgan fingerprint density at radius 3 is 2.30 bits per heavy atom. The van der Waals surface area contributed by atoms with E-state index >= 15 is 0 Å². The molecule has 0 spiro atoms. The van der Waals surface area contributed by atoms with Crippen LogP contribution in [0.1, 0.15) is 52.5 Å². The van der Waals surface area contributed by atoms with E-state index in [9.17, 15) is 0 Å². The van der Waals surface area contributed by atoms with Gasteiger partial charge in [0, 0.05) is 0 Å². The van der Waals surface area contributed by atoms with Gasteiger partial charge in [-0.2, -0.15) is 0 Å². The van der Waals surface area contributed by atoms with Crippen LogP contribution in [0.2, 0.25) is 0 Å². The van der Waals surface area contributed by atoms with Crippen LogP contribution in [0.5, 0.6) is 0 Å². The third-order valence-corrected chi connectivity index (χ3v) is 4.48. The third-order valence-electron chi connectivity index (χ3n) is 4.48. The molecule has 1 aliphatic rings. The van der Waals surface area contributed by atoms with Crippen molar-refractivity contribution >= 4 is 12.6 Å². The molecule has 1 fully saturated rings. The van der Waals surface area contributed by atoms with Crippen molar-refractivity contribution in [3.63, 3.8) is 0 Å². The van der Waals surface area contributed by atoms with Gasteiger partial charge >= 0.3 is 7.12 Å². The molecule has 0 radical (unpaired) electrons. The molecule has 0 saturated carbocycles. The normalized spacial score (nSPS) is 25.1. The number of benzene rings is 1. The molecule has 1 atom stereocenters. The summed E-state index contributed by atoms with van der Waals surface area (Å²) in [5.41, 5.74) is 1.35. The first-order valence-corrected chi connectivity index (χ1v) is 7.47. The van der Waals surface area contributed by atoms with Gasteiger partial charge in [0.1, 0.15) is 0 Å². The summed E-state index contributed by atoms with van der Waals surface area (Å²) >= 11 is 0. The lowest BCUT2D eigenvalue weighted by atomic mass is 9.79. The van der Waals surface area contributed by atoms with Gasteiger partial charge < -0.3 is 14.4 Å². The van der Waals surface area contributed by atoms with Crippen molar-refractivity contribution in [2.45, 2.75) is 64.8 Å². The van der Waals surface area contributed by atoms with Gasteiger partial charge in [-0.1, -0.05) is 44.0 Å². The molecule has 1 saturated heterocycles. The van der Waals surface area contributed by atoms with E-state index in [-0.39, 0.29) is 24.9 Å². The van der Waals surface area contributed by atoms with Crippen LogP contribution in [0, 0.1) is 0 Å². The number of rotatable bonds is 5. The lowest BCUT2D eigenvalue weighted by Crippen LogP contribution is -2.44. The first kappa shape index (κ1) is 15.6. The molecule has 1 aromatic carbocycles. The zero-order valence-corrected chi connectivity index (χ0v) is 13.0. The smallest absolute Gasteiger partial charge is 0.399 e. The maximum atomic E-state index is 9.09. The van der Waals surface area contributed by atoms with Crippen LogP contribution in [-0.2, 0) is 15.9 Å². The second kappa shape index (κ2) is 5.88. The lowest BCUT2D eigenvalue weighted by Gasteiger charge is -2.36. The van der Waals surface area contributed by atoms with E-state index in [0.29, 0.717) is 0 Å². The van der Waals surface area contributed by atoms with E-state index in [0.717, 1.165) is 30.3 Å². The molecule has 2 rings (SSSR count). The van der Waals surface area contributed by atoms with Gasteiger partial charge in [-0.15, -0.1) is 0 Å². The number of aliphatic hydroxyl groups excluding tert-OH is 1. The topological polar surface area (TPSA) is 38.7 Å². The summed E-state index contributed by atoms with van der Waals surface area (Å²) in [5, 5.41) is 9.09. The summed E-state index contributed by atoms with van der Waals surface area (Å²) in [6, 6.07) is 7.77. The zero-order valence-electron chi connectivity index (χ0n) is 13.0. The molecular formula is C16H25BO3. The van der Waals surface area contributed by atoms with Crippen molar-refractivity contribution in [1.82, 2.24) is 0 Å². The summed E-state index contributed by atoms with van der Waals surface area (Å²) in [5.74, 6) is 0. The van der Waals surface area contributed by atoms with E-state index in [2.05, 4.69) is 27.7 Å². The Hall–Kier alpha value is -0.835. The number of unbranched alkanes of at least 4 members (excludes halogenated alkanes) is 1. The van der Waals surface area contributed by atoms with Gasteiger partial charge in [-0.05, 0) is 38.2 Å². The molecule has 4 heteroatoms. The maximum Gasteiger partial charge on any atom is 0.494 e. The average Bonchev–Trinajstić information content (AvgIpc) is 2.67. The van der Waals surface area contributed by atoms with Crippen LogP contribution >= 0.6 is 0 Å². The fourth-order valence-corrected chi connectivity index (χ4v) is 2.58. The first-order chi connectivity index (χ1) is 9.42. The number of hydrogen-bond acceptors (Lipinski definition) is 3. The molecular weight excluding hydrogens is 251 g/mol. The molecule has 1 heterocycles. The Kier molecular flexibility index (Phi) is 4.57. The van der Waals surface area contributed by atoms with Crippen LogP contribution in [0.3, 0.4) is 0 Å². The highest BCUT2D eigenvalue weighted by Gasteiger charge is 2.53. The van der Waals surface area contributed by atoms with Crippen LogP contribution in [0.25, 0.3) is 0 Å². The van der Waals surface area contributed by atoms with Crippen LogP contribution in [-0.4, -0.2) is 23.4 Å². The monoisotopic (exact) mass is 276 g/mol. The van der Waals surface area contributed by atoms with Gasteiger partial charge in [0.25, 0.3) is 0 Å². The molecule has 0 aliphatic carbocycles. The summed E-state index contributed by atoms with van der Waals surface area (Å²) in [6.07, 6.45) is 3.30. The van der Waals surface area contributed by atoms with Gasteiger partial charge in [-0.3, -0.25) is 0 Å². The zero-order chi connectivity index (χ0) is 14.8. The van der Waals surface area contributed by atoms with E-state index in [1.165, 1.54) is 0 Å².